The monoisotopic (exact) mass is 277 g/mol. The lowest BCUT2D eigenvalue weighted by Gasteiger charge is -2.31. The topological polar surface area (TPSA) is 53.6 Å². The van der Waals surface area contributed by atoms with Crippen LogP contribution in [0.2, 0.25) is 0 Å². The van der Waals surface area contributed by atoms with E-state index in [0.717, 1.165) is 31.1 Å². The Morgan fingerprint density at radius 1 is 1.50 bits per heavy atom. The highest BCUT2D eigenvalue weighted by atomic mass is 16.5. The zero-order chi connectivity index (χ0) is 14.4. The van der Waals surface area contributed by atoms with Gasteiger partial charge in [0, 0.05) is 25.7 Å². The molecule has 1 aromatic carbocycles. The van der Waals surface area contributed by atoms with Gasteiger partial charge in [-0.3, -0.25) is 9.69 Å². The number of amides is 1. The van der Waals surface area contributed by atoms with Gasteiger partial charge in [-0.15, -0.1) is 0 Å². The van der Waals surface area contributed by atoms with E-state index in [1.807, 2.05) is 31.2 Å². The number of para-hydroxylation sites is 2. The number of carbonyl (C=O) groups is 1. The van der Waals surface area contributed by atoms with E-state index in [-0.39, 0.29) is 5.91 Å². The van der Waals surface area contributed by atoms with Crippen molar-refractivity contribution in [3.63, 3.8) is 0 Å². The Bertz CT molecular complexity index is 450. The van der Waals surface area contributed by atoms with Crippen LogP contribution < -0.4 is 15.4 Å². The molecular weight excluding hydrogens is 254 g/mol. The normalized spacial score (nSPS) is 19.6. The van der Waals surface area contributed by atoms with Crippen LogP contribution in [-0.2, 0) is 4.79 Å². The van der Waals surface area contributed by atoms with Gasteiger partial charge in [-0.25, -0.2) is 0 Å². The standard InChI is InChI=1S/C15H23N3O2/c1-3-20-14-7-5-4-6-13(14)17-15(19)11-18-9-8-16-12(2)10-18/h4-7,12,16H,3,8-11H2,1-2H3,(H,17,19). The zero-order valence-electron chi connectivity index (χ0n) is 12.2. The lowest BCUT2D eigenvalue weighted by molar-refractivity contribution is -0.117. The summed E-state index contributed by atoms with van der Waals surface area (Å²) in [6, 6.07) is 7.96. The number of rotatable bonds is 5. The fourth-order valence-corrected chi connectivity index (χ4v) is 2.40. The molecule has 110 valence electrons. The Kier molecular flexibility index (Phi) is 5.38. The maximum Gasteiger partial charge on any atom is 0.238 e. The first-order valence-electron chi connectivity index (χ1n) is 7.16. The molecule has 1 fully saturated rings. The molecule has 1 aliphatic heterocycles. The minimum atomic E-state index is 0.00579. The van der Waals surface area contributed by atoms with Gasteiger partial charge in [0.15, 0.2) is 0 Å². The Hall–Kier alpha value is -1.59. The molecule has 0 saturated carbocycles. The van der Waals surface area contributed by atoms with Gasteiger partial charge in [0.2, 0.25) is 5.91 Å². The molecule has 1 amide bonds. The highest BCUT2D eigenvalue weighted by molar-refractivity contribution is 5.93. The van der Waals surface area contributed by atoms with Gasteiger partial charge < -0.3 is 15.4 Å². The summed E-state index contributed by atoms with van der Waals surface area (Å²) >= 11 is 0. The SMILES string of the molecule is CCOc1ccccc1NC(=O)CN1CCNC(C)C1. The fourth-order valence-electron chi connectivity index (χ4n) is 2.40. The Morgan fingerprint density at radius 2 is 2.30 bits per heavy atom. The van der Waals surface area contributed by atoms with E-state index in [1.165, 1.54) is 0 Å². The Labute approximate surface area is 120 Å². The maximum atomic E-state index is 12.1. The summed E-state index contributed by atoms with van der Waals surface area (Å²) in [6.45, 7) is 7.82. The summed E-state index contributed by atoms with van der Waals surface area (Å²) < 4.78 is 5.51. The molecule has 5 heteroatoms. The highest BCUT2D eigenvalue weighted by Crippen LogP contribution is 2.23. The number of anilines is 1. The van der Waals surface area contributed by atoms with E-state index in [0.29, 0.717) is 19.2 Å². The van der Waals surface area contributed by atoms with Crippen molar-refractivity contribution in [3.8, 4) is 5.75 Å². The van der Waals surface area contributed by atoms with Crippen molar-refractivity contribution in [2.45, 2.75) is 19.9 Å². The van der Waals surface area contributed by atoms with Crippen molar-refractivity contribution in [1.82, 2.24) is 10.2 Å². The molecule has 0 bridgehead atoms. The second kappa shape index (κ2) is 7.26. The van der Waals surface area contributed by atoms with Crippen LogP contribution in [0.15, 0.2) is 24.3 Å². The summed E-state index contributed by atoms with van der Waals surface area (Å²) in [5.74, 6) is 0.725. The van der Waals surface area contributed by atoms with E-state index in [2.05, 4.69) is 22.5 Å². The van der Waals surface area contributed by atoms with Crippen LogP contribution >= 0.6 is 0 Å². The largest absolute Gasteiger partial charge is 0.492 e. The molecule has 2 rings (SSSR count). The first-order chi connectivity index (χ1) is 9.69. The maximum absolute atomic E-state index is 12.1. The van der Waals surface area contributed by atoms with E-state index in [9.17, 15) is 4.79 Å². The summed E-state index contributed by atoms with van der Waals surface area (Å²) in [5, 5.41) is 6.30. The number of hydrogen-bond donors (Lipinski definition) is 2. The molecule has 1 saturated heterocycles. The predicted octanol–water partition coefficient (Wildman–Crippen LogP) is 1.32. The third-order valence-electron chi connectivity index (χ3n) is 3.28. The molecule has 1 aliphatic rings. The number of nitrogens with zero attached hydrogens (tertiary/aromatic N) is 1. The van der Waals surface area contributed by atoms with Gasteiger partial charge in [0.05, 0.1) is 18.8 Å². The third-order valence-corrected chi connectivity index (χ3v) is 3.28. The van der Waals surface area contributed by atoms with Gasteiger partial charge in [0.25, 0.3) is 0 Å². The lowest BCUT2D eigenvalue weighted by atomic mass is 10.2. The molecule has 1 unspecified atom stereocenters. The number of carbonyl (C=O) groups excluding carboxylic acids is 1. The minimum absolute atomic E-state index is 0.00579. The Balaban J connectivity index is 1.91. The van der Waals surface area contributed by atoms with Crippen molar-refractivity contribution >= 4 is 11.6 Å². The molecule has 1 atom stereocenters. The molecule has 2 N–H and O–H groups in total. The van der Waals surface area contributed by atoms with Crippen LogP contribution in [0.1, 0.15) is 13.8 Å². The van der Waals surface area contributed by atoms with Gasteiger partial charge in [0.1, 0.15) is 5.75 Å². The van der Waals surface area contributed by atoms with Gasteiger partial charge in [-0.2, -0.15) is 0 Å². The van der Waals surface area contributed by atoms with Crippen LogP contribution in [-0.4, -0.2) is 49.6 Å². The van der Waals surface area contributed by atoms with E-state index in [4.69, 9.17) is 4.74 Å². The van der Waals surface area contributed by atoms with Gasteiger partial charge in [-0.05, 0) is 26.0 Å². The van der Waals surface area contributed by atoms with Crippen LogP contribution in [0.5, 0.6) is 5.75 Å². The number of hydrogen-bond acceptors (Lipinski definition) is 4. The molecule has 5 nitrogen and oxygen atoms in total. The number of nitrogens with one attached hydrogen (secondary N) is 2. The second-order valence-corrected chi connectivity index (χ2v) is 5.07. The first-order valence-corrected chi connectivity index (χ1v) is 7.16. The number of benzene rings is 1. The average molecular weight is 277 g/mol. The lowest BCUT2D eigenvalue weighted by Crippen LogP contribution is -2.51. The average Bonchev–Trinajstić information content (AvgIpc) is 2.41. The predicted molar refractivity (Wildman–Crippen MR) is 80.1 cm³/mol. The molecular formula is C15H23N3O2. The molecule has 0 spiro atoms. The van der Waals surface area contributed by atoms with Crippen molar-refractivity contribution in [2.75, 3.05) is 38.1 Å². The van der Waals surface area contributed by atoms with Gasteiger partial charge >= 0.3 is 0 Å². The molecule has 20 heavy (non-hydrogen) atoms. The summed E-state index contributed by atoms with van der Waals surface area (Å²) in [4.78, 5) is 14.3. The molecule has 0 aliphatic carbocycles. The Morgan fingerprint density at radius 3 is 3.05 bits per heavy atom. The first kappa shape index (κ1) is 14.8. The summed E-state index contributed by atoms with van der Waals surface area (Å²) in [5.41, 5.74) is 0.738. The minimum Gasteiger partial charge on any atom is -0.492 e. The zero-order valence-corrected chi connectivity index (χ0v) is 12.2. The number of piperazine rings is 1. The fraction of sp³-hybridized carbons (Fsp3) is 0.533. The second-order valence-electron chi connectivity index (χ2n) is 5.07. The van der Waals surface area contributed by atoms with Crippen LogP contribution in [0.25, 0.3) is 0 Å². The molecule has 1 aromatic rings. The summed E-state index contributed by atoms with van der Waals surface area (Å²) in [6.07, 6.45) is 0. The van der Waals surface area contributed by atoms with Crippen LogP contribution in [0, 0.1) is 0 Å². The third kappa shape index (κ3) is 4.21. The van der Waals surface area contributed by atoms with Crippen molar-refractivity contribution < 1.29 is 9.53 Å². The van der Waals surface area contributed by atoms with Gasteiger partial charge in [-0.1, -0.05) is 12.1 Å². The highest BCUT2D eigenvalue weighted by Gasteiger charge is 2.18. The van der Waals surface area contributed by atoms with Crippen LogP contribution in [0.3, 0.4) is 0 Å². The molecule has 0 aromatic heterocycles. The molecule has 0 radical (unpaired) electrons. The summed E-state index contributed by atoms with van der Waals surface area (Å²) in [7, 11) is 0. The van der Waals surface area contributed by atoms with E-state index >= 15 is 0 Å². The van der Waals surface area contributed by atoms with Crippen molar-refractivity contribution in [2.24, 2.45) is 0 Å². The smallest absolute Gasteiger partial charge is 0.238 e. The van der Waals surface area contributed by atoms with Crippen LogP contribution in [0.4, 0.5) is 5.69 Å². The quantitative estimate of drug-likeness (QED) is 0.852. The number of ether oxygens (including phenoxy) is 1. The van der Waals surface area contributed by atoms with E-state index < -0.39 is 0 Å². The molecule has 1 heterocycles. The van der Waals surface area contributed by atoms with Crippen molar-refractivity contribution in [3.05, 3.63) is 24.3 Å². The van der Waals surface area contributed by atoms with E-state index in [1.54, 1.807) is 0 Å². The van der Waals surface area contributed by atoms with Crippen molar-refractivity contribution in [1.29, 1.82) is 0 Å².